The Balaban J connectivity index is 1.80. The minimum atomic E-state index is -2.85. The van der Waals surface area contributed by atoms with E-state index in [1.807, 2.05) is 6.07 Å². The average molecular weight is 311 g/mol. The van der Waals surface area contributed by atoms with E-state index >= 15 is 0 Å². The van der Waals surface area contributed by atoms with Crippen LogP contribution < -0.4 is 0 Å². The first-order valence-corrected chi connectivity index (χ1v) is 9.33. The van der Waals surface area contributed by atoms with Crippen molar-refractivity contribution < 1.29 is 12.8 Å². The molecule has 1 aliphatic heterocycles. The molecule has 0 unspecified atom stereocenters. The predicted octanol–water partition coefficient (Wildman–Crippen LogP) is 2.74. The molecular weight excluding hydrogens is 289 g/mol. The maximum absolute atomic E-state index is 13.1. The Hall–Kier alpha value is -1.20. The fourth-order valence-electron chi connectivity index (χ4n) is 2.59. The molecular formula is C16H22FNO2S. The van der Waals surface area contributed by atoms with Crippen LogP contribution >= 0.6 is 0 Å². The fraction of sp³-hybridized carbons (Fsp3) is 0.500. The van der Waals surface area contributed by atoms with Gasteiger partial charge in [0.2, 0.25) is 0 Å². The number of piperidine rings is 1. The van der Waals surface area contributed by atoms with Gasteiger partial charge < -0.3 is 4.90 Å². The third-order valence-electron chi connectivity index (χ3n) is 3.71. The molecule has 5 heteroatoms. The van der Waals surface area contributed by atoms with Crippen LogP contribution in [0.25, 0.3) is 6.08 Å². The highest BCUT2D eigenvalue weighted by atomic mass is 32.2. The van der Waals surface area contributed by atoms with E-state index in [1.165, 1.54) is 17.9 Å². The van der Waals surface area contributed by atoms with E-state index in [-0.39, 0.29) is 11.6 Å². The maximum atomic E-state index is 13.1. The van der Waals surface area contributed by atoms with Gasteiger partial charge in [0, 0.05) is 19.3 Å². The normalized spacial score (nSPS) is 17.0. The van der Waals surface area contributed by atoms with Gasteiger partial charge in [-0.3, -0.25) is 0 Å². The van der Waals surface area contributed by atoms with Crippen LogP contribution in [-0.4, -0.2) is 45.0 Å². The summed E-state index contributed by atoms with van der Waals surface area (Å²) in [5, 5.41) is 0. The number of halogens is 1. The van der Waals surface area contributed by atoms with Crippen molar-refractivity contribution in [2.45, 2.75) is 19.3 Å². The lowest BCUT2D eigenvalue weighted by molar-refractivity contribution is 0.258. The van der Waals surface area contributed by atoms with Gasteiger partial charge in [0.15, 0.2) is 0 Å². The molecule has 3 nitrogen and oxygen atoms in total. The molecule has 1 fully saturated rings. The molecule has 0 atom stereocenters. The Labute approximate surface area is 126 Å². The van der Waals surface area contributed by atoms with Crippen LogP contribution in [0.5, 0.6) is 0 Å². The zero-order valence-corrected chi connectivity index (χ0v) is 13.2. The Morgan fingerprint density at radius 2 is 2.00 bits per heavy atom. The van der Waals surface area contributed by atoms with Crippen molar-refractivity contribution in [1.29, 1.82) is 0 Å². The molecule has 0 N–H and O–H groups in total. The lowest BCUT2D eigenvalue weighted by atomic mass is 10.0. The minimum absolute atomic E-state index is 0.206. The van der Waals surface area contributed by atoms with Crippen molar-refractivity contribution in [3.05, 3.63) is 41.2 Å². The van der Waals surface area contributed by atoms with Gasteiger partial charge in [0.1, 0.15) is 15.7 Å². The van der Waals surface area contributed by atoms with Gasteiger partial charge in [-0.15, -0.1) is 0 Å². The second-order valence-electron chi connectivity index (χ2n) is 5.68. The summed E-state index contributed by atoms with van der Waals surface area (Å²) in [6.07, 6.45) is 5.98. The third kappa shape index (κ3) is 5.98. The molecule has 1 aromatic rings. The number of sulfone groups is 1. The van der Waals surface area contributed by atoms with E-state index in [0.717, 1.165) is 38.0 Å². The van der Waals surface area contributed by atoms with E-state index in [2.05, 4.69) is 11.0 Å². The highest BCUT2D eigenvalue weighted by Gasteiger charge is 2.14. The second-order valence-corrected chi connectivity index (χ2v) is 7.94. The summed E-state index contributed by atoms with van der Waals surface area (Å²) < 4.78 is 35.3. The molecule has 1 aliphatic rings. The Morgan fingerprint density at radius 1 is 1.29 bits per heavy atom. The zero-order chi connectivity index (χ0) is 15.3. The molecule has 0 saturated carbocycles. The van der Waals surface area contributed by atoms with Gasteiger partial charge in [-0.1, -0.05) is 23.8 Å². The SMILES string of the molecule is CS(=O)(=O)CCCN1CCC(=Cc2cccc(F)c2)CC1. The van der Waals surface area contributed by atoms with Crippen molar-refractivity contribution in [2.24, 2.45) is 0 Å². The summed E-state index contributed by atoms with van der Waals surface area (Å²) in [4.78, 5) is 2.30. The highest BCUT2D eigenvalue weighted by molar-refractivity contribution is 7.90. The van der Waals surface area contributed by atoms with E-state index in [9.17, 15) is 12.8 Å². The van der Waals surface area contributed by atoms with Crippen LogP contribution in [-0.2, 0) is 9.84 Å². The summed E-state index contributed by atoms with van der Waals surface area (Å²) in [6, 6.07) is 6.63. The van der Waals surface area contributed by atoms with Gasteiger partial charge in [0.05, 0.1) is 5.75 Å². The monoisotopic (exact) mass is 311 g/mol. The second kappa shape index (κ2) is 7.18. The van der Waals surface area contributed by atoms with Gasteiger partial charge in [-0.25, -0.2) is 12.8 Å². The number of benzene rings is 1. The number of likely N-dealkylation sites (tertiary alicyclic amines) is 1. The van der Waals surface area contributed by atoms with Crippen LogP contribution in [0.15, 0.2) is 29.8 Å². The standard InChI is InChI=1S/C16H22FNO2S/c1-21(19,20)11-3-8-18-9-6-14(7-10-18)12-15-4-2-5-16(17)13-15/h2,4-5,12-13H,3,6-11H2,1H3. The molecule has 0 spiro atoms. The molecule has 21 heavy (non-hydrogen) atoms. The molecule has 0 amide bonds. The fourth-order valence-corrected chi connectivity index (χ4v) is 3.24. The Kier molecular flexibility index (Phi) is 5.53. The largest absolute Gasteiger partial charge is 0.303 e. The molecule has 1 heterocycles. The van der Waals surface area contributed by atoms with Crippen LogP contribution in [0.2, 0.25) is 0 Å². The van der Waals surface area contributed by atoms with Gasteiger partial charge in [-0.2, -0.15) is 0 Å². The van der Waals surface area contributed by atoms with Crippen molar-refractivity contribution in [1.82, 2.24) is 4.90 Å². The van der Waals surface area contributed by atoms with Crippen molar-refractivity contribution in [3.8, 4) is 0 Å². The van der Waals surface area contributed by atoms with Gasteiger partial charge >= 0.3 is 0 Å². The zero-order valence-electron chi connectivity index (χ0n) is 12.4. The Bertz CT molecular complexity index is 600. The first-order chi connectivity index (χ1) is 9.92. The van der Waals surface area contributed by atoms with Gasteiger partial charge in [0.25, 0.3) is 0 Å². The highest BCUT2D eigenvalue weighted by Crippen LogP contribution is 2.20. The van der Waals surface area contributed by atoms with E-state index in [1.54, 1.807) is 12.1 Å². The molecule has 0 radical (unpaired) electrons. The van der Waals surface area contributed by atoms with E-state index < -0.39 is 9.84 Å². The van der Waals surface area contributed by atoms with Crippen LogP contribution in [0.3, 0.4) is 0 Å². The van der Waals surface area contributed by atoms with Crippen LogP contribution in [0.4, 0.5) is 4.39 Å². The smallest absolute Gasteiger partial charge is 0.147 e. The summed E-state index contributed by atoms with van der Waals surface area (Å²) in [5.41, 5.74) is 2.25. The topological polar surface area (TPSA) is 37.4 Å². The van der Waals surface area contributed by atoms with Crippen molar-refractivity contribution in [3.63, 3.8) is 0 Å². The molecule has 2 rings (SSSR count). The molecule has 116 valence electrons. The Morgan fingerprint density at radius 3 is 2.62 bits per heavy atom. The summed E-state index contributed by atoms with van der Waals surface area (Å²) in [6.45, 7) is 2.73. The number of hydrogen-bond acceptors (Lipinski definition) is 3. The molecule has 0 bridgehead atoms. The lowest BCUT2D eigenvalue weighted by Gasteiger charge is -2.28. The van der Waals surface area contributed by atoms with E-state index in [4.69, 9.17) is 0 Å². The van der Waals surface area contributed by atoms with Gasteiger partial charge in [-0.05, 0) is 43.5 Å². The summed E-state index contributed by atoms with van der Waals surface area (Å²) >= 11 is 0. The molecule has 1 aromatic carbocycles. The van der Waals surface area contributed by atoms with E-state index in [0.29, 0.717) is 6.42 Å². The van der Waals surface area contributed by atoms with Crippen molar-refractivity contribution in [2.75, 3.05) is 31.6 Å². The molecule has 0 aromatic heterocycles. The number of hydrogen-bond donors (Lipinski definition) is 0. The van der Waals surface area contributed by atoms with Crippen molar-refractivity contribution >= 4 is 15.9 Å². The maximum Gasteiger partial charge on any atom is 0.147 e. The first-order valence-electron chi connectivity index (χ1n) is 7.27. The number of nitrogens with zero attached hydrogens (tertiary/aromatic N) is 1. The van der Waals surface area contributed by atoms with Crippen LogP contribution in [0, 0.1) is 5.82 Å². The number of rotatable bonds is 5. The lowest BCUT2D eigenvalue weighted by Crippen LogP contribution is -2.32. The predicted molar refractivity (Wildman–Crippen MR) is 84.4 cm³/mol. The minimum Gasteiger partial charge on any atom is -0.303 e. The summed E-state index contributed by atoms with van der Waals surface area (Å²) in [7, 11) is -2.85. The molecule has 1 saturated heterocycles. The average Bonchev–Trinajstić information content (AvgIpc) is 2.39. The summed E-state index contributed by atoms with van der Waals surface area (Å²) in [5.74, 6) is 0.0535. The third-order valence-corrected chi connectivity index (χ3v) is 4.74. The van der Waals surface area contributed by atoms with Crippen LogP contribution in [0.1, 0.15) is 24.8 Å². The first kappa shape index (κ1) is 16.2. The molecule has 0 aliphatic carbocycles. The quantitative estimate of drug-likeness (QED) is 0.839.